The largest absolute Gasteiger partial charge is 0.464 e. The molecule has 0 aliphatic carbocycles. The minimum Gasteiger partial charge on any atom is -0.464 e. The minimum absolute atomic E-state index is 0.286. The number of halogens is 1. The minimum atomic E-state index is -0.286. The van der Waals surface area contributed by atoms with Crippen molar-refractivity contribution in [2.24, 2.45) is 0 Å². The molecule has 2 rings (SSSR count). The fraction of sp³-hybridized carbons (Fsp3) is 0. The fourth-order valence-electron chi connectivity index (χ4n) is 0.895. The van der Waals surface area contributed by atoms with Crippen LogP contribution < -0.4 is 0 Å². The van der Waals surface area contributed by atoms with E-state index in [1.54, 1.807) is 12.1 Å². The summed E-state index contributed by atoms with van der Waals surface area (Å²) in [6, 6.07) is 7.34. The summed E-state index contributed by atoms with van der Waals surface area (Å²) in [4.78, 5) is 0. The van der Waals surface area contributed by atoms with Crippen LogP contribution in [0.5, 0.6) is 0 Å². The first-order valence-corrected chi connectivity index (χ1v) is 2.91. The monoisotopic (exact) mass is 135 g/mol. The quantitative estimate of drug-likeness (QED) is 0.540. The van der Waals surface area contributed by atoms with Crippen LogP contribution in [0.1, 0.15) is 0 Å². The number of rotatable bonds is 0. The molecule has 10 heavy (non-hydrogen) atoms. The molecule has 0 saturated heterocycles. The molecule has 2 aromatic rings. The number of furan rings is 1. The lowest BCUT2D eigenvalue weighted by Gasteiger charge is -1.86. The fourth-order valence-corrected chi connectivity index (χ4v) is 0.895. The summed E-state index contributed by atoms with van der Waals surface area (Å²) in [5.41, 5.74) is 0.542. The van der Waals surface area contributed by atoms with E-state index in [1.807, 2.05) is 0 Å². The highest BCUT2D eigenvalue weighted by atomic mass is 19.1. The van der Waals surface area contributed by atoms with Crippen molar-refractivity contribution in [3.8, 4) is 0 Å². The normalized spacial score (nSPS) is 10.5. The van der Waals surface area contributed by atoms with Gasteiger partial charge in [-0.1, -0.05) is 6.07 Å². The van der Waals surface area contributed by atoms with Gasteiger partial charge in [-0.05, 0) is 12.1 Å². The van der Waals surface area contributed by atoms with E-state index in [9.17, 15) is 4.39 Å². The van der Waals surface area contributed by atoms with E-state index >= 15 is 0 Å². The predicted molar refractivity (Wildman–Crippen MR) is 35.0 cm³/mol. The highest BCUT2D eigenvalue weighted by Gasteiger charge is 2.00. The van der Waals surface area contributed by atoms with Gasteiger partial charge < -0.3 is 4.42 Å². The first-order chi connectivity index (χ1) is 4.88. The molecule has 1 aromatic heterocycles. The van der Waals surface area contributed by atoms with E-state index in [1.165, 1.54) is 12.3 Å². The molecule has 0 N–H and O–H groups in total. The van der Waals surface area contributed by atoms with E-state index in [4.69, 9.17) is 4.42 Å². The van der Waals surface area contributed by atoms with Gasteiger partial charge in [-0.15, -0.1) is 0 Å². The summed E-state index contributed by atoms with van der Waals surface area (Å²) in [7, 11) is 0. The van der Waals surface area contributed by atoms with Crippen molar-refractivity contribution >= 4 is 11.0 Å². The van der Waals surface area contributed by atoms with Crippen LogP contribution in [-0.4, -0.2) is 0 Å². The van der Waals surface area contributed by atoms with Crippen molar-refractivity contribution in [2.75, 3.05) is 0 Å². The van der Waals surface area contributed by atoms with Crippen LogP contribution in [0, 0.1) is 11.9 Å². The highest BCUT2D eigenvalue weighted by molar-refractivity contribution is 5.76. The van der Waals surface area contributed by atoms with E-state index in [0.29, 0.717) is 11.0 Å². The van der Waals surface area contributed by atoms with Crippen LogP contribution in [0.25, 0.3) is 11.0 Å². The molecule has 1 radical (unpaired) electrons. The predicted octanol–water partition coefficient (Wildman–Crippen LogP) is 2.37. The standard InChI is InChI=1S/C8H4FO/c9-7-2-1-3-8-6(7)4-5-10-8/h1-3,5H. The molecule has 1 nitrogen and oxygen atoms in total. The zero-order valence-corrected chi connectivity index (χ0v) is 5.10. The number of hydrogen-bond donors (Lipinski definition) is 0. The Bertz CT molecular complexity index is 351. The molecule has 1 aromatic carbocycles. The Balaban J connectivity index is 2.95. The van der Waals surface area contributed by atoms with Crippen molar-refractivity contribution in [1.29, 1.82) is 0 Å². The van der Waals surface area contributed by atoms with Gasteiger partial charge in [-0.3, -0.25) is 0 Å². The maximum absolute atomic E-state index is 12.7. The summed E-state index contributed by atoms with van der Waals surface area (Å²) in [5.74, 6) is -0.286. The number of hydrogen-bond acceptors (Lipinski definition) is 1. The van der Waals surface area contributed by atoms with E-state index in [-0.39, 0.29) is 5.82 Å². The van der Waals surface area contributed by atoms with E-state index in [0.717, 1.165) is 0 Å². The molecular formula is C8H4FO. The number of fused-ring (bicyclic) bond motifs is 1. The Hall–Kier alpha value is -1.31. The molecule has 1 heterocycles. The van der Waals surface area contributed by atoms with Crippen LogP contribution in [0.3, 0.4) is 0 Å². The molecule has 49 valence electrons. The Kier molecular flexibility index (Phi) is 1.01. The zero-order valence-electron chi connectivity index (χ0n) is 5.10. The second kappa shape index (κ2) is 1.84. The second-order valence-electron chi connectivity index (χ2n) is 1.99. The van der Waals surface area contributed by atoms with Crippen molar-refractivity contribution in [3.05, 3.63) is 36.3 Å². The van der Waals surface area contributed by atoms with Crippen LogP contribution in [0.4, 0.5) is 4.39 Å². The van der Waals surface area contributed by atoms with E-state index in [2.05, 4.69) is 6.07 Å². The molecule has 0 atom stereocenters. The van der Waals surface area contributed by atoms with Gasteiger partial charge in [0.05, 0.1) is 11.6 Å². The smallest absolute Gasteiger partial charge is 0.137 e. The van der Waals surface area contributed by atoms with Gasteiger partial charge in [-0.2, -0.15) is 0 Å². The van der Waals surface area contributed by atoms with Gasteiger partial charge in [0, 0.05) is 6.07 Å². The van der Waals surface area contributed by atoms with Crippen LogP contribution in [-0.2, 0) is 0 Å². The molecule has 0 spiro atoms. The van der Waals surface area contributed by atoms with Gasteiger partial charge in [0.15, 0.2) is 0 Å². The zero-order chi connectivity index (χ0) is 6.97. The summed E-state index contributed by atoms with van der Waals surface area (Å²) < 4.78 is 17.6. The Morgan fingerprint density at radius 1 is 1.40 bits per heavy atom. The van der Waals surface area contributed by atoms with Crippen LogP contribution in [0.15, 0.2) is 28.9 Å². The van der Waals surface area contributed by atoms with E-state index < -0.39 is 0 Å². The molecule has 0 saturated carbocycles. The first-order valence-electron chi connectivity index (χ1n) is 2.91. The molecule has 0 aliphatic rings. The van der Waals surface area contributed by atoms with Crippen LogP contribution in [0.2, 0.25) is 0 Å². The van der Waals surface area contributed by atoms with Gasteiger partial charge in [0.1, 0.15) is 11.4 Å². The molecular weight excluding hydrogens is 131 g/mol. The summed E-state index contributed by atoms with van der Waals surface area (Å²) >= 11 is 0. The molecule has 0 fully saturated rings. The molecule has 0 bridgehead atoms. The SMILES string of the molecule is Fc1cccc2oc[c]c12. The third kappa shape index (κ3) is 0.620. The van der Waals surface area contributed by atoms with Crippen molar-refractivity contribution in [2.45, 2.75) is 0 Å². The molecule has 0 unspecified atom stereocenters. The van der Waals surface area contributed by atoms with Gasteiger partial charge in [0.2, 0.25) is 0 Å². The lowest BCUT2D eigenvalue weighted by molar-refractivity contribution is 0.610. The highest BCUT2D eigenvalue weighted by Crippen LogP contribution is 2.16. The van der Waals surface area contributed by atoms with Crippen molar-refractivity contribution in [1.82, 2.24) is 0 Å². The average molecular weight is 135 g/mol. The Labute approximate surface area is 57.1 Å². The maximum Gasteiger partial charge on any atom is 0.137 e. The average Bonchev–Trinajstić information content (AvgIpc) is 2.36. The molecule has 2 heteroatoms. The van der Waals surface area contributed by atoms with Gasteiger partial charge in [-0.25, -0.2) is 4.39 Å². The number of benzene rings is 1. The first kappa shape index (κ1) is 5.47. The van der Waals surface area contributed by atoms with Crippen LogP contribution >= 0.6 is 0 Å². The third-order valence-electron chi connectivity index (χ3n) is 1.36. The lowest BCUT2D eigenvalue weighted by Crippen LogP contribution is -1.71. The molecule has 0 amide bonds. The van der Waals surface area contributed by atoms with Gasteiger partial charge >= 0.3 is 0 Å². The third-order valence-corrected chi connectivity index (χ3v) is 1.36. The Morgan fingerprint density at radius 2 is 2.30 bits per heavy atom. The molecule has 0 aliphatic heterocycles. The summed E-state index contributed by atoms with van der Waals surface area (Å²) in [6.45, 7) is 0. The topological polar surface area (TPSA) is 13.1 Å². The van der Waals surface area contributed by atoms with Crippen molar-refractivity contribution in [3.63, 3.8) is 0 Å². The van der Waals surface area contributed by atoms with Gasteiger partial charge in [0.25, 0.3) is 0 Å². The summed E-state index contributed by atoms with van der Waals surface area (Å²) in [5, 5.41) is 0.419. The summed E-state index contributed by atoms with van der Waals surface area (Å²) in [6.07, 6.45) is 1.35. The lowest BCUT2D eigenvalue weighted by atomic mass is 10.2. The second-order valence-corrected chi connectivity index (χ2v) is 1.99. The maximum atomic E-state index is 12.7. The Morgan fingerprint density at radius 3 is 3.10 bits per heavy atom. The van der Waals surface area contributed by atoms with Crippen molar-refractivity contribution < 1.29 is 8.81 Å².